The summed E-state index contributed by atoms with van der Waals surface area (Å²) in [5.41, 5.74) is 0.998. The molecule has 1 aliphatic carbocycles. The van der Waals surface area contributed by atoms with E-state index in [1.807, 2.05) is 0 Å². The molecule has 1 aliphatic rings. The molecule has 0 atom stereocenters. The van der Waals surface area contributed by atoms with Crippen LogP contribution in [-0.4, -0.2) is 37.2 Å². The summed E-state index contributed by atoms with van der Waals surface area (Å²) in [6.07, 6.45) is 2.42. The summed E-state index contributed by atoms with van der Waals surface area (Å²) in [4.78, 5) is 0. The standard InChI is InChI=1S/C19H18ClF2N3O3/c1-9-3-10(20)4-14(26)16(9)13-5-12-15(28-18(21)22)8-25(17(12)24-23-13)11-6-19(2,27)7-11/h3-5,8,11,18,26-27H,6-7H2,1-2H3. The molecule has 2 N–H and O–H groups in total. The number of phenols is 1. The summed E-state index contributed by atoms with van der Waals surface area (Å²) in [7, 11) is 0. The Morgan fingerprint density at radius 1 is 1.29 bits per heavy atom. The van der Waals surface area contributed by atoms with Gasteiger partial charge in [0, 0.05) is 22.8 Å². The molecule has 1 fully saturated rings. The molecule has 0 aliphatic heterocycles. The van der Waals surface area contributed by atoms with Crippen molar-refractivity contribution in [3.05, 3.63) is 35.0 Å². The van der Waals surface area contributed by atoms with Gasteiger partial charge in [0.05, 0.1) is 16.7 Å². The molecule has 6 nitrogen and oxygen atoms in total. The van der Waals surface area contributed by atoms with Gasteiger partial charge in [-0.3, -0.25) is 0 Å². The molecule has 4 rings (SSSR count). The molecule has 0 bridgehead atoms. The summed E-state index contributed by atoms with van der Waals surface area (Å²) in [5, 5.41) is 29.4. The summed E-state index contributed by atoms with van der Waals surface area (Å²) in [6.45, 7) is 0.484. The van der Waals surface area contributed by atoms with Crippen molar-refractivity contribution >= 4 is 22.6 Å². The van der Waals surface area contributed by atoms with E-state index in [0.29, 0.717) is 45.7 Å². The third-order valence-electron chi connectivity index (χ3n) is 5.04. The Hall–Kier alpha value is -2.45. The highest BCUT2D eigenvalue weighted by molar-refractivity contribution is 6.31. The second-order valence-corrected chi connectivity index (χ2v) is 7.86. The Kier molecular flexibility index (Phi) is 4.43. The zero-order valence-corrected chi connectivity index (χ0v) is 15.9. The maximum atomic E-state index is 12.9. The Morgan fingerprint density at radius 2 is 2.00 bits per heavy atom. The number of aliphatic hydroxyl groups is 1. The number of nitrogens with zero attached hydrogens (tertiary/aromatic N) is 3. The number of rotatable bonds is 4. The van der Waals surface area contributed by atoms with Crippen LogP contribution in [0.5, 0.6) is 11.5 Å². The van der Waals surface area contributed by atoms with Crippen LogP contribution in [-0.2, 0) is 0 Å². The van der Waals surface area contributed by atoms with Crippen LogP contribution >= 0.6 is 11.6 Å². The quantitative estimate of drug-likeness (QED) is 0.665. The SMILES string of the molecule is Cc1cc(Cl)cc(O)c1-c1cc2c(OC(F)F)cn(C3CC(C)(O)C3)c2nn1. The molecular formula is C19H18ClF2N3O3. The van der Waals surface area contributed by atoms with Gasteiger partial charge >= 0.3 is 6.61 Å². The van der Waals surface area contributed by atoms with Crippen molar-refractivity contribution in [3.63, 3.8) is 0 Å². The number of ether oxygens (including phenoxy) is 1. The third kappa shape index (κ3) is 3.27. The molecule has 9 heteroatoms. The highest BCUT2D eigenvalue weighted by atomic mass is 35.5. The van der Waals surface area contributed by atoms with Gasteiger partial charge in [-0.05, 0) is 50.5 Å². The normalized spacial score (nSPS) is 21.9. The minimum Gasteiger partial charge on any atom is -0.507 e. The van der Waals surface area contributed by atoms with Gasteiger partial charge < -0.3 is 19.5 Å². The Labute approximate surface area is 164 Å². The van der Waals surface area contributed by atoms with Gasteiger partial charge in [0.15, 0.2) is 11.4 Å². The lowest BCUT2D eigenvalue weighted by Gasteiger charge is -2.41. The van der Waals surface area contributed by atoms with Crippen LogP contribution in [0, 0.1) is 6.92 Å². The number of benzene rings is 1. The smallest absolute Gasteiger partial charge is 0.387 e. The fourth-order valence-electron chi connectivity index (χ4n) is 3.82. The molecule has 0 amide bonds. The Balaban J connectivity index is 1.85. The monoisotopic (exact) mass is 409 g/mol. The first-order valence-corrected chi connectivity index (χ1v) is 9.07. The first-order valence-electron chi connectivity index (χ1n) is 8.69. The van der Waals surface area contributed by atoms with Crippen LogP contribution < -0.4 is 4.74 Å². The van der Waals surface area contributed by atoms with E-state index in [1.54, 1.807) is 30.5 Å². The number of aromatic nitrogens is 3. The maximum absolute atomic E-state index is 12.9. The van der Waals surface area contributed by atoms with Crippen LogP contribution in [0.4, 0.5) is 8.78 Å². The lowest BCUT2D eigenvalue weighted by molar-refractivity contribution is -0.0540. The number of hydrogen-bond acceptors (Lipinski definition) is 5. The molecule has 1 saturated carbocycles. The summed E-state index contributed by atoms with van der Waals surface area (Å²) >= 11 is 5.95. The molecule has 0 unspecified atom stereocenters. The van der Waals surface area contributed by atoms with Crippen molar-refractivity contribution in [2.75, 3.05) is 0 Å². The zero-order chi connectivity index (χ0) is 20.2. The van der Waals surface area contributed by atoms with Gasteiger partial charge in [-0.15, -0.1) is 10.2 Å². The van der Waals surface area contributed by atoms with Gasteiger partial charge in [0.2, 0.25) is 0 Å². The predicted molar refractivity (Wildman–Crippen MR) is 99.9 cm³/mol. The molecule has 2 heterocycles. The lowest BCUT2D eigenvalue weighted by Crippen LogP contribution is -2.41. The van der Waals surface area contributed by atoms with Gasteiger partial charge in [0.25, 0.3) is 0 Å². The Morgan fingerprint density at radius 3 is 2.61 bits per heavy atom. The molecule has 148 valence electrons. The minimum atomic E-state index is -2.99. The average Bonchev–Trinajstić information content (AvgIpc) is 2.89. The average molecular weight is 410 g/mol. The fourth-order valence-corrected chi connectivity index (χ4v) is 4.08. The third-order valence-corrected chi connectivity index (χ3v) is 5.25. The van der Waals surface area contributed by atoms with Crippen LogP contribution in [0.2, 0.25) is 5.02 Å². The van der Waals surface area contributed by atoms with E-state index in [9.17, 15) is 19.0 Å². The number of aromatic hydroxyl groups is 1. The number of hydrogen-bond donors (Lipinski definition) is 2. The van der Waals surface area contributed by atoms with Crippen molar-refractivity contribution in [1.29, 1.82) is 0 Å². The summed E-state index contributed by atoms with van der Waals surface area (Å²) in [5.74, 6) is -0.108. The van der Waals surface area contributed by atoms with E-state index in [4.69, 9.17) is 11.6 Å². The number of halogens is 3. The molecule has 0 saturated heterocycles. The first kappa shape index (κ1) is 18.9. The molecular weight excluding hydrogens is 392 g/mol. The number of alkyl halides is 2. The molecule has 0 spiro atoms. The van der Waals surface area contributed by atoms with E-state index in [1.165, 1.54) is 12.3 Å². The van der Waals surface area contributed by atoms with E-state index in [-0.39, 0.29) is 17.5 Å². The second-order valence-electron chi connectivity index (χ2n) is 7.42. The van der Waals surface area contributed by atoms with Crippen molar-refractivity contribution in [2.45, 2.75) is 44.9 Å². The van der Waals surface area contributed by atoms with Crippen LogP contribution in [0.15, 0.2) is 24.4 Å². The van der Waals surface area contributed by atoms with E-state index < -0.39 is 12.2 Å². The molecule has 28 heavy (non-hydrogen) atoms. The van der Waals surface area contributed by atoms with E-state index >= 15 is 0 Å². The lowest BCUT2D eigenvalue weighted by atomic mass is 9.77. The van der Waals surface area contributed by atoms with E-state index in [2.05, 4.69) is 14.9 Å². The summed E-state index contributed by atoms with van der Waals surface area (Å²) < 4.78 is 32.2. The molecule has 0 radical (unpaired) electrons. The maximum Gasteiger partial charge on any atom is 0.387 e. The molecule has 3 aromatic rings. The predicted octanol–water partition coefficient (Wildman–Crippen LogP) is 4.45. The van der Waals surface area contributed by atoms with Crippen LogP contribution in [0.25, 0.3) is 22.3 Å². The van der Waals surface area contributed by atoms with Crippen molar-refractivity contribution < 1.29 is 23.7 Å². The highest BCUT2D eigenvalue weighted by Crippen LogP contribution is 2.45. The van der Waals surface area contributed by atoms with Gasteiger partial charge in [-0.1, -0.05) is 11.6 Å². The number of phenolic OH excluding ortho intramolecular Hbond substituents is 1. The fraction of sp³-hybridized carbons (Fsp3) is 0.368. The topological polar surface area (TPSA) is 80.4 Å². The van der Waals surface area contributed by atoms with E-state index in [0.717, 1.165) is 0 Å². The Bertz CT molecular complexity index is 1040. The van der Waals surface area contributed by atoms with Crippen molar-refractivity contribution in [2.24, 2.45) is 0 Å². The minimum absolute atomic E-state index is 0.0289. The largest absolute Gasteiger partial charge is 0.507 e. The van der Waals surface area contributed by atoms with Gasteiger partial charge in [0.1, 0.15) is 5.75 Å². The van der Waals surface area contributed by atoms with Crippen LogP contribution in [0.1, 0.15) is 31.4 Å². The molecule has 1 aromatic carbocycles. The summed E-state index contributed by atoms with van der Waals surface area (Å²) in [6, 6.07) is 4.52. The van der Waals surface area contributed by atoms with Gasteiger partial charge in [-0.25, -0.2) is 0 Å². The van der Waals surface area contributed by atoms with Crippen LogP contribution in [0.3, 0.4) is 0 Å². The number of fused-ring (bicyclic) bond motifs is 1. The molecule has 2 aromatic heterocycles. The zero-order valence-electron chi connectivity index (χ0n) is 15.2. The van der Waals surface area contributed by atoms with Crippen molar-refractivity contribution in [1.82, 2.24) is 14.8 Å². The van der Waals surface area contributed by atoms with Crippen molar-refractivity contribution in [3.8, 4) is 22.8 Å². The first-order chi connectivity index (χ1) is 13.1. The number of aryl methyl sites for hydroxylation is 1. The highest BCUT2D eigenvalue weighted by Gasteiger charge is 2.40. The van der Waals surface area contributed by atoms with Gasteiger partial charge in [-0.2, -0.15) is 8.78 Å². The second kappa shape index (κ2) is 6.56.